The predicted octanol–water partition coefficient (Wildman–Crippen LogP) is 2.42. The fraction of sp³-hybridized carbons (Fsp3) is 0.650. The van der Waals surface area contributed by atoms with Gasteiger partial charge in [0.2, 0.25) is 5.91 Å². The van der Waals surface area contributed by atoms with Gasteiger partial charge < -0.3 is 5.32 Å². The summed E-state index contributed by atoms with van der Waals surface area (Å²) in [6.07, 6.45) is 3.85. The van der Waals surface area contributed by atoms with Crippen molar-refractivity contribution in [2.45, 2.75) is 70.9 Å². The summed E-state index contributed by atoms with van der Waals surface area (Å²) in [5.41, 5.74) is -0.467. The molecule has 0 spiro atoms. The lowest BCUT2D eigenvalue weighted by molar-refractivity contribution is -0.118. The summed E-state index contributed by atoms with van der Waals surface area (Å²) in [6, 6.07) is 0. The van der Waals surface area contributed by atoms with Crippen LogP contribution in [0.25, 0.3) is 11.0 Å². The SMILES string of the molecule is CCCCCNC(=O)CSc1nc(C(C)C)nc2c1c(=O)n(C)c(=O)n2CCC. The van der Waals surface area contributed by atoms with Gasteiger partial charge in [0.1, 0.15) is 16.2 Å². The van der Waals surface area contributed by atoms with Gasteiger partial charge in [0.15, 0.2) is 5.65 Å². The average molecular weight is 422 g/mol. The Hall–Kier alpha value is -2.16. The van der Waals surface area contributed by atoms with Crippen LogP contribution < -0.4 is 16.6 Å². The Morgan fingerprint density at radius 3 is 2.48 bits per heavy atom. The van der Waals surface area contributed by atoms with Crippen molar-refractivity contribution in [3.63, 3.8) is 0 Å². The molecule has 0 saturated heterocycles. The summed E-state index contributed by atoms with van der Waals surface area (Å²) in [7, 11) is 1.46. The highest BCUT2D eigenvalue weighted by molar-refractivity contribution is 8.00. The van der Waals surface area contributed by atoms with Crippen molar-refractivity contribution >= 4 is 28.7 Å². The molecule has 2 heterocycles. The number of aromatic nitrogens is 4. The van der Waals surface area contributed by atoms with E-state index in [2.05, 4.69) is 22.2 Å². The number of nitrogens with zero attached hydrogens (tertiary/aromatic N) is 4. The third kappa shape index (κ3) is 5.46. The second-order valence-corrected chi connectivity index (χ2v) is 8.35. The highest BCUT2D eigenvalue weighted by Gasteiger charge is 2.20. The molecule has 2 aromatic heterocycles. The van der Waals surface area contributed by atoms with Crippen LogP contribution in [0.5, 0.6) is 0 Å². The Labute approximate surface area is 175 Å². The molecule has 0 saturated carbocycles. The Kier molecular flexibility index (Phi) is 8.43. The van der Waals surface area contributed by atoms with Crippen LogP contribution in [0.3, 0.4) is 0 Å². The first-order valence-electron chi connectivity index (χ1n) is 10.2. The van der Waals surface area contributed by atoms with Crippen molar-refractivity contribution in [3.8, 4) is 0 Å². The van der Waals surface area contributed by atoms with Gasteiger partial charge in [-0.1, -0.05) is 52.3 Å². The summed E-state index contributed by atoms with van der Waals surface area (Å²) in [4.78, 5) is 46.8. The molecule has 0 aliphatic heterocycles. The van der Waals surface area contributed by atoms with E-state index in [0.717, 1.165) is 30.3 Å². The Morgan fingerprint density at radius 2 is 1.86 bits per heavy atom. The minimum Gasteiger partial charge on any atom is -0.355 e. The first-order chi connectivity index (χ1) is 13.8. The molecule has 0 aliphatic rings. The largest absolute Gasteiger partial charge is 0.355 e. The number of fused-ring (bicyclic) bond motifs is 1. The van der Waals surface area contributed by atoms with Gasteiger partial charge in [0, 0.05) is 26.1 Å². The van der Waals surface area contributed by atoms with Gasteiger partial charge in [0.05, 0.1) is 5.75 Å². The summed E-state index contributed by atoms with van der Waals surface area (Å²) in [5, 5.41) is 3.65. The summed E-state index contributed by atoms with van der Waals surface area (Å²) < 4.78 is 2.62. The van der Waals surface area contributed by atoms with E-state index >= 15 is 0 Å². The number of rotatable bonds is 10. The van der Waals surface area contributed by atoms with Crippen molar-refractivity contribution in [2.24, 2.45) is 7.05 Å². The zero-order valence-corrected chi connectivity index (χ0v) is 18.8. The standard InChI is InChI=1S/C20H31N5O3S/c1-6-8-9-10-21-14(26)12-29-18-15-17(22-16(23-18)13(3)4)25(11-7-2)20(28)24(5)19(15)27/h13H,6-12H2,1-5H3,(H,21,26). The summed E-state index contributed by atoms with van der Waals surface area (Å²) in [5.74, 6) is 0.644. The van der Waals surface area contributed by atoms with E-state index in [0.29, 0.717) is 35.0 Å². The van der Waals surface area contributed by atoms with Crippen molar-refractivity contribution in [2.75, 3.05) is 12.3 Å². The first kappa shape index (κ1) is 23.1. The maximum absolute atomic E-state index is 12.9. The van der Waals surface area contributed by atoms with Gasteiger partial charge in [-0.25, -0.2) is 14.8 Å². The number of thioether (sulfide) groups is 1. The van der Waals surface area contributed by atoms with Crippen molar-refractivity contribution in [1.29, 1.82) is 0 Å². The molecule has 9 heteroatoms. The molecule has 0 fully saturated rings. The molecule has 0 unspecified atom stereocenters. The molecule has 0 atom stereocenters. The highest BCUT2D eigenvalue weighted by atomic mass is 32.2. The van der Waals surface area contributed by atoms with Crippen molar-refractivity contribution < 1.29 is 4.79 Å². The van der Waals surface area contributed by atoms with Crippen LogP contribution in [-0.2, 0) is 18.4 Å². The lowest BCUT2D eigenvalue weighted by Crippen LogP contribution is -2.39. The van der Waals surface area contributed by atoms with Gasteiger partial charge in [0.25, 0.3) is 5.56 Å². The predicted molar refractivity (Wildman–Crippen MR) is 117 cm³/mol. The molecule has 0 aromatic carbocycles. The molecule has 0 radical (unpaired) electrons. The van der Waals surface area contributed by atoms with Gasteiger partial charge >= 0.3 is 5.69 Å². The zero-order chi connectivity index (χ0) is 21.6. The molecular weight excluding hydrogens is 390 g/mol. The van der Waals surface area contributed by atoms with Crippen LogP contribution in [-0.4, -0.2) is 37.3 Å². The molecule has 29 heavy (non-hydrogen) atoms. The molecule has 0 bridgehead atoms. The van der Waals surface area contributed by atoms with Crippen LogP contribution in [0.15, 0.2) is 14.6 Å². The number of amides is 1. The topological polar surface area (TPSA) is 98.9 Å². The van der Waals surface area contributed by atoms with Gasteiger partial charge in [-0.2, -0.15) is 0 Å². The van der Waals surface area contributed by atoms with Crippen LogP contribution in [0.2, 0.25) is 0 Å². The van der Waals surface area contributed by atoms with E-state index in [1.54, 1.807) is 0 Å². The molecular formula is C20H31N5O3S. The Balaban J connectivity index is 2.46. The van der Waals surface area contributed by atoms with Crippen LogP contribution >= 0.6 is 11.8 Å². The maximum atomic E-state index is 12.9. The van der Waals surface area contributed by atoms with Gasteiger partial charge in [-0.3, -0.25) is 18.7 Å². The number of carbonyl (C=O) groups is 1. The molecule has 2 rings (SSSR count). The first-order valence-corrected chi connectivity index (χ1v) is 11.2. The second kappa shape index (κ2) is 10.6. The normalized spacial score (nSPS) is 11.4. The van der Waals surface area contributed by atoms with Gasteiger partial charge in [-0.05, 0) is 12.8 Å². The number of aryl methyl sites for hydroxylation is 1. The summed E-state index contributed by atoms with van der Waals surface area (Å²) >= 11 is 1.22. The molecule has 2 aromatic rings. The number of hydrogen-bond acceptors (Lipinski definition) is 6. The lowest BCUT2D eigenvalue weighted by Gasteiger charge is -2.15. The molecule has 0 aliphatic carbocycles. The number of nitrogens with one attached hydrogen (secondary N) is 1. The monoisotopic (exact) mass is 421 g/mol. The second-order valence-electron chi connectivity index (χ2n) is 7.38. The number of hydrogen-bond donors (Lipinski definition) is 1. The van der Waals surface area contributed by atoms with E-state index in [1.807, 2.05) is 20.8 Å². The zero-order valence-electron chi connectivity index (χ0n) is 17.9. The third-order valence-corrected chi connectivity index (χ3v) is 5.55. The minimum atomic E-state index is -0.432. The molecule has 160 valence electrons. The number of carbonyl (C=O) groups excluding carboxylic acids is 1. The fourth-order valence-electron chi connectivity index (χ4n) is 2.93. The third-order valence-electron chi connectivity index (χ3n) is 4.57. The quantitative estimate of drug-likeness (QED) is 0.359. The maximum Gasteiger partial charge on any atom is 0.332 e. The van der Waals surface area contributed by atoms with Crippen molar-refractivity contribution in [3.05, 3.63) is 26.7 Å². The van der Waals surface area contributed by atoms with Crippen molar-refractivity contribution in [1.82, 2.24) is 24.4 Å². The van der Waals surface area contributed by atoms with E-state index < -0.39 is 5.56 Å². The Bertz CT molecular complexity index is 981. The molecule has 1 N–H and O–H groups in total. The molecule has 8 nitrogen and oxygen atoms in total. The van der Waals surface area contributed by atoms with Crippen LogP contribution in [0.1, 0.15) is 65.1 Å². The van der Waals surface area contributed by atoms with Crippen LogP contribution in [0, 0.1) is 0 Å². The number of unbranched alkanes of at least 4 members (excludes halogenated alkanes) is 2. The summed E-state index contributed by atoms with van der Waals surface area (Å²) in [6.45, 7) is 9.10. The smallest absolute Gasteiger partial charge is 0.332 e. The highest BCUT2D eigenvalue weighted by Crippen LogP contribution is 2.24. The lowest BCUT2D eigenvalue weighted by atomic mass is 10.2. The molecule has 1 amide bonds. The fourth-order valence-corrected chi connectivity index (χ4v) is 3.78. The van der Waals surface area contributed by atoms with E-state index in [1.165, 1.54) is 23.4 Å². The van der Waals surface area contributed by atoms with Crippen LogP contribution in [0.4, 0.5) is 0 Å². The minimum absolute atomic E-state index is 0.0239. The average Bonchev–Trinajstić information content (AvgIpc) is 2.70. The Morgan fingerprint density at radius 1 is 1.14 bits per heavy atom. The van der Waals surface area contributed by atoms with E-state index in [4.69, 9.17) is 0 Å². The van der Waals surface area contributed by atoms with E-state index in [-0.39, 0.29) is 23.3 Å². The van der Waals surface area contributed by atoms with Gasteiger partial charge in [-0.15, -0.1) is 0 Å². The van der Waals surface area contributed by atoms with E-state index in [9.17, 15) is 14.4 Å².